The maximum Gasteiger partial charge on any atom is 0.0704 e. The average molecular weight is 640 g/mol. The third kappa shape index (κ3) is 7.32. The zero-order valence-electron chi connectivity index (χ0n) is 28.5. The van der Waals surface area contributed by atoms with Gasteiger partial charge in [0.05, 0.1) is 11.4 Å². The highest BCUT2D eigenvalue weighted by molar-refractivity contribution is 6.20. The number of benzene rings is 1. The van der Waals surface area contributed by atoms with Crippen molar-refractivity contribution in [1.29, 1.82) is 0 Å². The Hall–Kier alpha value is -5.15. The van der Waals surface area contributed by atoms with Crippen molar-refractivity contribution in [3.05, 3.63) is 185 Å². The lowest BCUT2D eigenvalue weighted by Crippen LogP contribution is -2.20. The molecule has 5 aliphatic carbocycles. The van der Waals surface area contributed by atoms with Gasteiger partial charge in [-0.15, -0.1) is 0 Å². The van der Waals surface area contributed by atoms with E-state index in [1.165, 1.54) is 50.4 Å². The first-order valence-corrected chi connectivity index (χ1v) is 17.8. The van der Waals surface area contributed by atoms with Crippen LogP contribution < -0.4 is 0 Å². The fourth-order valence-corrected chi connectivity index (χ4v) is 7.54. The summed E-state index contributed by atoms with van der Waals surface area (Å²) in [5, 5.41) is 0. The van der Waals surface area contributed by atoms with Gasteiger partial charge in [0.15, 0.2) is 0 Å². The van der Waals surface area contributed by atoms with Crippen molar-refractivity contribution in [3.63, 3.8) is 0 Å². The lowest BCUT2D eigenvalue weighted by molar-refractivity contribution is 0.668. The van der Waals surface area contributed by atoms with Gasteiger partial charge in [-0.1, -0.05) is 115 Å². The Labute approximate surface area is 292 Å². The Morgan fingerprint density at radius 3 is 2.69 bits per heavy atom. The zero-order valence-corrected chi connectivity index (χ0v) is 28.5. The molecule has 0 N–H and O–H groups in total. The zero-order chi connectivity index (χ0) is 33.4. The van der Waals surface area contributed by atoms with Crippen molar-refractivity contribution in [2.24, 2.45) is 32.7 Å². The number of allylic oxidation sites excluding steroid dienone is 23. The highest BCUT2D eigenvalue weighted by Gasteiger charge is 2.36. The summed E-state index contributed by atoms with van der Waals surface area (Å²) >= 11 is 0. The molecule has 3 atom stereocenters. The van der Waals surface area contributed by atoms with Crippen LogP contribution >= 0.6 is 0 Å². The van der Waals surface area contributed by atoms with Gasteiger partial charge in [0.1, 0.15) is 0 Å². The minimum Gasteiger partial charge on any atom is -0.285 e. The van der Waals surface area contributed by atoms with Gasteiger partial charge in [-0.2, -0.15) is 0 Å². The van der Waals surface area contributed by atoms with Crippen LogP contribution in [0.3, 0.4) is 0 Å². The van der Waals surface area contributed by atoms with Crippen molar-refractivity contribution in [1.82, 2.24) is 0 Å². The minimum absolute atomic E-state index is 0.227. The van der Waals surface area contributed by atoms with Crippen LogP contribution in [0.1, 0.15) is 50.2 Å². The lowest BCUT2D eigenvalue weighted by atomic mass is 9.79. The van der Waals surface area contributed by atoms with Gasteiger partial charge in [-0.25, -0.2) is 0 Å². The van der Waals surface area contributed by atoms with Crippen molar-refractivity contribution in [3.8, 4) is 0 Å². The van der Waals surface area contributed by atoms with E-state index >= 15 is 0 Å². The molecule has 3 unspecified atom stereocenters. The van der Waals surface area contributed by atoms with Crippen LogP contribution in [0.25, 0.3) is 5.57 Å². The number of aliphatic imine (C=N–C) groups is 3. The Morgan fingerprint density at radius 1 is 0.959 bits per heavy atom. The molecule has 1 aliphatic heterocycles. The van der Waals surface area contributed by atoms with Gasteiger partial charge in [0.2, 0.25) is 0 Å². The summed E-state index contributed by atoms with van der Waals surface area (Å²) in [7, 11) is 0. The summed E-state index contributed by atoms with van der Waals surface area (Å²) in [6.07, 6.45) is 47.4. The second-order valence-electron chi connectivity index (χ2n) is 13.3. The maximum atomic E-state index is 5.36. The molecule has 3 nitrogen and oxygen atoms in total. The highest BCUT2D eigenvalue weighted by atomic mass is 14.8. The molecule has 7 rings (SSSR count). The first-order valence-electron chi connectivity index (χ1n) is 17.8. The van der Waals surface area contributed by atoms with Gasteiger partial charge in [-0.05, 0) is 109 Å². The van der Waals surface area contributed by atoms with E-state index in [4.69, 9.17) is 9.98 Å². The molecule has 0 fully saturated rings. The molecule has 0 saturated heterocycles. The minimum atomic E-state index is 0.227. The molecule has 49 heavy (non-hydrogen) atoms. The maximum absolute atomic E-state index is 5.36. The molecule has 0 amide bonds. The van der Waals surface area contributed by atoms with E-state index in [2.05, 4.69) is 121 Å². The Balaban J connectivity index is 1.08. The van der Waals surface area contributed by atoms with E-state index < -0.39 is 0 Å². The molecule has 0 bridgehead atoms. The van der Waals surface area contributed by atoms with Gasteiger partial charge >= 0.3 is 0 Å². The highest BCUT2D eigenvalue weighted by Crippen LogP contribution is 2.48. The first kappa shape index (κ1) is 32.4. The molecule has 0 spiro atoms. The fourth-order valence-electron chi connectivity index (χ4n) is 7.54. The fraction of sp³-hybridized carbons (Fsp3) is 0.239. The van der Waals surface area contributed by atoms with E-state index in [1.54, 1.807) is 0 Å². The van der Waals surface area contributed by atoms with Crippen LogP contribution in [0.15, 0.2) is 188 Å². The van der Waals surface area contributed by atoms with Crippen molar-refractivity contribution >= 4 is 23.7 Å². The molecule has 0 saturated carbocycles. The summed E-state index contributed by atoms with van der Waals surface area (Å²) in [5.41, 5.74) is 14.1. The second-order valence-corrected chi connectivity index (χ2v) is 13.3. The SMILES string of the molecule is C=N/C(=C\C(/C=C/C=C\C=C/C)=NCC1C=CC(C2=CCCC(C3=NC4=CC=CCC4C4=C3Cc3ccccc34)=C2)=CC1)C1C=CC=CC1. The summed E-state index contributed by atoms with van der Waals surface area (Å²) in [5.74, 6) is 0.947. The predicted octanol–water partition coefficient (Wildman–Crippen LogP) is 10.9. The second kappa shape index (κ2) is 15.4. The average Bonchev–Trinajstić information content (AvgIpc) is 3.56. The summed E-state index contributed by atoms with van der Waals surface area (Å²) in [6.45, 7) is 6.61. The number of hydrogen-bond acceptors (Lipinski definition) is 3. The van der Waals surface area contributed by atoms with Crippen LogP contribution in [0.2, 0.25) is 0 Å². The molecular weight excluding hydrogens is 595 g/mol. The quantitative estimate of drug-likeness (QED) is 0.180. The molecule has 0 radical (unpaired) electrons. The summed E-state index contributed by atoms with van der Waals surface area (Å²) < 4.78 is 0. The summed E-state index contributed by atoms with van der Waals surface area (Å²) in [6, 6.07) is 8.97. The van der Waals surface area contributed by atoms with E-state index in [-0.39, 0.29) is 5.92 Å². The Kier molecular flexibility index (Phi) is 10.2. The predicted molar refractivity (Wildman–Crippen MR) is 210 cm³/mol. The smallest absolute Gasteiger partial charge is 0.0704 e. The number of fused-ring (bicyclic) bond motifs is 4. The van der Waals surface area contributed by atoms with E-state index in [0.29, 0.717) is 11.8 Å². The lowest BCUT2D eigenvalue weighted by Gasteiger charge is -2.29. The molecule has 244 valence electrons. The molecule has 1 aromatic carbocycles. The third-order valence-corrected chi connectivity index (χ3v) is 10.1. The van der Waals surface area contributed by atoms with Crippen LogP contribution in [-0.2, 0) is 6.42 Å². The van der Waals surface area contributed by atoms with Gasteiger partial charge in [-0.3, -0.25) is 15.0 Å². The molecular formula is C46H45N3. The van der Waals surface area contributed by atoms with Crippen LogP contribution in [0.4, 0.5) is 0 Å². The monoisotopic (exact) mass is 639 g/mol. The summed E-state index contributed by atoms with van der Waals surface area (Å²) in [4.78, 5) is 14.8. The molecule has 1 aromatic rings. The van der Waals surface area contributed by atoms with E-state index in [0.717, 1.165) is 56.5 Å². The van der Waals surface area contributed by atoms with Gasteiger partial charge in [0.25, 0.3) is 0 Å². The van der Waals surface area contributed by atoms with Crippen LogP contribution in [0, 0.1) is 17.8 Å². The van der Waals surface area contributed by atoms with E-state index in [1.807, 2.05) is 37.3 Å². The van der Waals surface area contributed by atoms with Crippen molar-refractivity contribution in [2.75, 3.05) is 6.54 Å². The van der Waals surface area contributed by atoms with Crippen molar-refractivity contribution in [2.45, 2.75) is 45.4 Å². The third-order valence-electron chi connectivity index (χ3n) is 10.1. The molecule has 6 aliphatic rings. The molecule has 1 heterocycles. The number of nitrogens with zero attached hydrogens (tertiary/aromatic N) is 3. The van der Waals surface area contributed by atoms with Crippen molar-refractivity contribution < 1.29 is 0 Å². The topological polar surface area (TPSA) is 37.1 Å². The first-order chi connectivity index (χ1) is 24.2. The van der Waals surface area contributed by atoms with Gasteiger partial charge < -0.3 is 0 Å². The van der Waals surface area contributed by atoms with Crippen LogP contribution in [0.5, 0.6) is 0 Å². The Morgan fingerprint density at radius 2 is 1.86 bits per heavy atom. The normalized spacial score (nSPS) is 24.9. The van der Waals surface area contributed by atoms with Crippen LogP contribution in [-0.4, -0.2) is 24.7 Å². The Bertz CT molecular complexity index is 1960. The number of dihydropyridines is 1. The molecule has 0 aromatic heterocycles. The number of rotatable bonds is 10. The molecule has 3 heteroatoms. The largest absolute Gasteiger partial charge is 0.285 e. The van der Waals surface area contributed by atoms with Gasteiger partial charge in [0, 0.05) is 42.1 Å². The van der Waals surface area contributed by atoms with E-state index in [9.17, 15) is 0 Å². The number of hydrogen-bond donors (Lipinski definition) is 0. The standard InChI is InChI=1S/C46H45N3/c1-3-4-5-6-10-21-39(31-44(47-2)35-16-8-7-9-17-35)48-32-33-25-27-34(28-26-33)36-19-15-20-38(29-36)46-42-30-37-18-11-12-22-40(37)45(42)41-23-13-14-24-43(41)49-46/h3-14,16,18-19,21-22,24-25,27-29,31,33,35,41H,2,15,17,20,23,26,30,32H2,1H3/b4-3-,6-5-,21-10+,44-31-,48-39?.